The van der Waals surface area contributed by atoms with E-state index in [9.17, 15) is 13.2 Å². The molecule has 0 radical (unpaired) electrons. The van der Waals surface area contributed by atoms with Gasteiger partial charge in [0.1, 0.15) is 0 Å². The molecule has 7 heteroatoms. The summed E-state index contributed by atoms with van der Waals surface area (Å²) in [6.07, 6.45) is 0. The van der Waals surface area contributed by atoms with Gasteiger partial charge >= 0.3 is 5.97 Å². The third kappa shape index (κ3) is 2.87. The third-order valence-electron chi connectivity index (χ3n) is 2.40. The Kier molecular flexibility index (Phi) is 4.83. The van der Waals surface area contributed by atoms with Gasteiger partial charge in [-0.25, -0.2) is 13.2 Å². The van der Waals surface area contributed by atoms with Crippen molar-refractivity contribution in [2.45, 2.75) is 4.90 Å². The fraction of sp³-hybridized carbons (Fsp3) is 0.364. The largest absolute Gasteiger partial charge is 0.465 e. The first-order valence-corrected chi connectivity index (χ1v) is 6.63. The van der Waals surface area contributed by atoms with Gasteiger partial charge in [-0.2, -0.15) is 4.31 Å². The Morgan fingerprint density at radius 3 is 2.56 bits per heavy atom. The number of carbonyl (C=O) groups excluding carboxylic acids is 1. The highest BCUT2D eigenvalue weighted by Gasteiger charge is 2.26. The van der Waals surface area contributed by atoms with E-state index in [2.05, 4.69) is 4.74 Å². The quantitative estimate of drug-likeness (QED) is 0.768. The normalized spacial score (nSPS) is 11.6. The van der Waals surface area contributed by atoms with Crippen molar-refractivity contribution in [2.24, 2.45) is 0 Å². The van der Waals surface area contributed by atoms with Crippen molar-refractivity contribution in [3.63, 3.8) is 0 Å². The van der Waals surface area contributed by atoms with E-state index in [-0.39, 0.29) is 23.6 Å². The van der Waals surface area contributed by atoms with E-state index < -0.39 is 16.0 Å². The number of aliphatic hydroxyl groups is 1. The van der Waals surface area contributed by atoms with Crippen molar-refractivity contribution >= 4 is 16.0 Å². The standard InChI is InChI=1S/C11H15NO5S/c1-12(7-8-13)18(15,16)10-6-4-3-5-9(10)11(14)17-2/h3-6,13H,7-8H2,1-2H3. The maximum absolute atomic E-state index is 12.2. The summed E-state index contributed by atoms with van der Waals surface area (Å²) in [6, 6.07) is 5.78. The van der Waals surface area contributed by atoms with Gasteiger partial charge in [0.2, 0.25) is 10.0 Å². The average Bonchev–Trinajstić information content (AvgIpc) is 2.38. The lowest BCUT2D eigenvalue weighted by atomic mass is 10.2. The van der Waals surface area contributed by atoms with Crippen molar-refractivity contribution in [1.82, 2.24) is 4.31 Å². The van der Waals surface area contributed by atoms with Gasteiger partial charge in [0.05, 0.1) is 24.2 Å². The second-order valence-electron chi connectivity index (χ2n) is 3.54. The molecular formula is C11H15NO5S. The number of rotatable bonds is 5. The molecule has 0 amide bonds. The summed E-state index contributed by atoms with van der Waals surface area (Å²) in [5.74, 6) is -0.716. The van der Waals surface area contributed by atoms with Crippen molar-refractivity contribution in [2.75, 3.05) is 27.3 Å². The molecule has 1 aromatic carbocycles. The summed E-state index contributed by atoms with van der Waals surface area (Å²) in [4.78, 5) is 11.4. The Hall–Kier alpha value is -1.44. The van der Waals surface area contributed by atoms with Gasteiger partial charge in [-0.15, -0.1) is 0 Å². The summed E-state index contributed by atoms with van der Waals surface area (Å²) >= 11 is 0. The lowest BCUT2D eigenvalue weighted by Crippen LogP contribution is -2.30. The first-order chi connectivity index (χ1) is 8.45. The molecule has 100 valence electrons. The first-order valence-electron chi connectivity index (χ1n) is 5.19. The van der Waals surface area contributed by atoms with Crippen LogP contribution in [-0.2, 0) is 14.8 Å². The van der Waals surface area contributed by atoms with Crippen LogP contribution >= 0.6 is 0 Å². The molecule has 1 rings (SSSR count). The van der Waals surface area contributed by atoms with E-state index >= 15 is 0 Å². The Labute approximate surface area is 106 Å². The number of nitrogens with zero attached hydrogens (tertiary/aromatic N) is 1. The molecule has 0 aliphatic heterocycles. The van der Waals surface area contributed by atoms with Crippen LogP contribution in [-0.4, -0.2) is 51.1 Å². The fourth-order valence-electron chi connectivity index (χ4n) is 1.40. The highest BCUT2D eigenvalue weighted by atomic mass is 32.2. The molecule has 18 heavy (non-hydrogen) atoms. The molecule has 0 atom stereocenters. The monoisotopic (exact) mass is 273 g/mol. The Balaban J connectivity index is 3.29. The second kappa shape index (κ2) is 5.94. The van der Waals surface area contributed by atoms with Crippen molar-refractivity contribution < 1.29 is 23.1 Å². The first kappa shape index (κ1) is 14.6. The smallest absolute Gasteiger partial charge is 0.339 e. The van der Waals surface area contributed by atoms with E-state index in [1.807, 2.05) is 0 Å². The summed E-state index contributed by atoms with van der Waals surface area (Å²) < 4.78 is 29.9. The number of hydrogen-bond acceptors (Lipinski definition) is 5. The number of aliphatic hydroxyl groups excluding tert-OH is 1. The van der Waals surface area contributed by atoms with Gasteiger partial charge in [-0.1, -0.05) is 12.1 Å². The lowest BCUT2D eigenvalue weighted by Gasteiger charge is -2.17. The molecule has 1 N–H and O–H groups in total. The van der Waals surface area contributed by atoms with Crippen LogP contribution in [0.5, 0.6) is 0 Å². The Bertz CT molecular complexity index is 526. The number of methoxy groups -OCH3 is 1. The predicted molar refractivity (Wildman–Crippen MR) is 64.7 cm³/mol. The van der Waals surface area contributed by atoms with Gasteiger partial charge < -0.3 is 9.84 Å². The van der Waals surface area contributed by atoms with Gasteiger partial charge in [0.15, 0.2) is 0 Å². The van der Waals surface area contributed by atoms with Crippen LogP contribution in [0.3, 0.4) is 0 Å². The molecule has 0 heterocycles. The number of benzene rings is 1. The molecule has 0 saturated carbocycles. The molecule has 1 aromatic rings. The molecule has 0 bridgehead atoms. The average molecular weight is 273 g/mol. The summed E-state index contributed by atoms with van der Waals surface area (Å²) in [7, 11) is -1.30. The minimum Gasteiger partial charge on any atom is -0.465 e. The Morgan fingerprint density at radius 1 is 1.39 bits per heavy atom. The van der Waals surface area contributed by atoms with Crippen LogP contribution in [0.1, 0.15) is 10.4 Å². The topological polar surface area (TPSA) is 83.9 Å². The zero-order valence-electron chi connectivity index (χ0n) is 10.2. The molecular weight excluding hydrogens is 258 g/mol. The fourth-order valence-corrected chi connectivity index (χ4v) is 2.74. The number of esters is 1. The molecule has 0 fully saturated rings. The number of carbonyl (C=O) groups is 1. The zero-order valence-corrected chi connectivity index (χ0v) is 11.0. The molecule has 0 unspecified atom stereocenters. The maximum atomic E-state index is 12.2. The van der Waals surface area contributed by atoms with Gasteiger partial charge in [-0.3, -0.25) is 0 Å². The van der Waals surface area contributed by atoms with Gasteiger partial charge in [0.25, 0.3) is 0 Å². The van der Waals surface area contributed by atoms with Crippen LogP contribution in [0.4, 0.5) is 0 Å². The van der Waals surface area contributed by atoms with Crippen LogP contribution in [0, 0.1) is 0 Å². The number of likely N-dealkylation sites (N-methyl/N-ethyl adjacent to an activating group) is 1. The molecule has 0 saturated heterocycles. The van der Waals surface area contributed by atoms with Gasteiger partial charge in [-0.05, 0) is 12.1 Å². The van der Waals surface area contributed by atoms with Crippen LogP contribution in [0.25, 0.3) is 0 Å². The summed E-state index contributed by atoms with van der Waals surface area (Å²) in [6.45, 7) is -0.339. The molecule has 0 aliphatic carbocycles. The minimum atomic E-state index is -3.81. The lowest BCUT2D eigenvalue weighted by molar-refractivity contribution is 0.0596. The summed E-state index contributed by atoms with van der Waals surface area (Å²) in [5.41, 5.74) is -0.0233. The number of ether oxygens (including phenoxy) is 1. The van der Waals surface area contributed by atoms with Crippen LogP contribution < -0.4 is 0 Å². The number of sulfonamides is 1. The van der Waals surface area contributed by atoms with E-state index in [1.54, 1.807) is 6.07 Å². The maximum Gasteiger partial charge on any atom is 0.339 e. The highest BCUT2D eigenvalue weighted by molar-refractivity contribution is 7.89. The molecule has 0 aliphatic rings. The SMILES string of the molecule is COC(=O)c1ccccc1S(=O)(=O)N(C)CCO. The van der Waals surface area contributed by atoms with Crippen molar-refractivity contribution in [3.05, 3.63) is 29.8 Å². The predicted octanol–water partition coefficient (Wildman–Crippen LogP) is 0.0860. The van der Waals surface area contributed by atoms with Crippen molar-refractivity contribution in [1.29, 1.82) is 0 Å². The van der Waals surface area contributed by atoms with E-state index in [0.717, 1.165) is 4.31 Å². The van der Waals surface area contributed by atoms with E-state index in [0.29, 0.717) is 0 Å². The van der Waals surface area contributed by atoms with Gasteiger partial charge in [0, 0.05) is 13.6 Å². The molecule has 6 nitrogen and oxygen atoms in total. The highest BCUT2D eigenvalue weighted by Crippen LogP contribution is 2.19. The third-order valence-corrected chi connectivity index (χ3v) is 4.31. The zero-order chi connectivity index (χ0) is 13.8. The minimum absolute atomic E-state index is 0.0233. The molecule has 0 spiro atoms. The number of hydrogen-bond donors (Lipinski definition) is 1. The molecule has 0 aromatic heterocycles. The second-order valence-corrected chi connectivity index (χ2v) is 5.55. The van der Waals surface area contributed by atoms with E-state index in [4.69, 9.17) is 5.11 Å². The van der Waals surface area contributed by atoms with Crippen LogP contribution in [0.15, 0.2) is 29.2 Å². The van der Waals surface area contributed by atoms with Crippen LogP contribution in [0.2, 0.25) is 0 Å². The summed E-state index contributed by atoms with van der Waals surface area (Å²) in [5, 5.41) is 8.77. The van der Waals surface area contributed by atoms with E-state index in [1.165, 1.54) is 32.4 Å². The van der Waals surface area contributed by atoms with Crippen molar-refractivity contribution in [3.8, 4) is 0 Å². The Morgan fingerprint density at radius 2 is 2.00 bits per heavy atom.